The molecule has 1 fully saturated rings. The smallest absolute Gasteiger partial charge is 0.0914 e. The molecule has 1 unspecified atom stereocenters. The molecule has 0 amide bonds. The molecule has 0 radical (unpaired) electrons. The molecule has 1 aromatic carbocycles. The number of benzene rings is 1. The average Bonchev–Trinajstić information content (AvgIpc) is 2.98. The lowest BCUT2D eigenvalue weighted by Crippen LogP contribution is -2.49. The molecule has 4 atom stereocenters. The fraction of sp³-hybridized carbons (Fsp3) is 0.565. The monoisotopic (exact) mass is 355 g/mol. The Labute approximate surface area is 158 Å². The molecule has 2 N–H and O–H groups in total. The van der Waals surface area contributed by atoms with Gasteiger partial charge < -0.3 is 15.2 Å². The van der Waals surface area contributed by atoms with Gasteiger partial charge in [-0.3, -0.25) is 0 Å². The van der Waals surface area contributed by atoms with E-state index in [-0.39, 0.29) is 23.2 Å². The highest BCUT2D eigenvalue weighted by atomic mass is 16.5. The third-order valence-corrected chi connectivity index (χ3v) is 6.09. The van der Waals surface area contributed by atoms with Gasteiger partial charge in [0.2, 0.25) is 0 Å². The van der Waals surface area contributed by atoms with Gasteiger partial charge in [0.15, 0.2) is 0 Å². The minimum absolute atomic E-state index is 0.0126. The Morgan fingerprint density at radius 3 is 2.69 bits per heavy atom. The summed E-state index contributed by atoms with van der Waals surface area (Å²) < 4.78 is 6.52. The molecule has 3 nitrogen and oxygen atoms in total. The Hall–Kier alpha value is -1.58. The van der Waals surface area contributed by atoms with Crippen LogP contribution in [0.15, 0.2) is 43.0 Å². The van der Waals surface area contributed by atoms with Gasteiger partial charge in [-0.2, -0.15) is 0 Å². The van der Waals surface area contributed by atoms with Gasteiger partial charge in [0, 0.05) is 5.69 Å². The Balaban J connectivity index is 1.97. The van der Waals surface area contributed by atoms with E-state index in [4.69, 9.17) is 4.74 Å². The van der Waals surface area contributed by atoms with Crippen molar-refractivity contribution in [1.82, 2.24) is 0 Å². The summed E-state index contributed by atoms with van der Waals surface area (Å²) in [4.78, 5) is 0. The van der Waals surface area contributed by atoms with E-state index in [9.17, 15) is 5.11 Å². The number of para-hydroxylation sites is 1. The zero-order chi connectivity index (χ0) is 19.0. The molecule has 2 aliphatic rings. The van der Waals surface area contributed by atoms with Crippen molar-refractivity contribution in [3.8, 4) is 0 Å². The standard InChI is InChI=1S/C23H33NO2/c1-6-17-10-7-8-11-18(17)24-19-16-21(2,3)13-9-14-22(4,25)20-12-15-23(19,5)26-20/h6-11,13,19-20,24-25H,1,12,14-16H2,2-5H3/b13-9+/t19-,20?,22+,23-/m0/s1. The number of nitrogens with one attached hydrogen (secondary N) is 1. The van der Waals surface area contributed by atoms with Crippen LogP contribution in [0.1, 0.15) is 58.9 Å². The normalized spacial score (nSPS) is 37.7. The van der Waals surface area contributed by atoms with E-state index >= 15 is 0 Å². The number of hydrogen-bond acceptors (Lipinski definition) is 3. The first-order valence-electron chi connectivity index (χ1n) is 9.71. The van der Waals surface area contributed by atoms with Crippen LogP contribution >= 0.6 is 0 Å². The van der Waals surface area contributed by atoms with E-state index in [1.165, 1.54) is 0 Å². The van der Waals surface area contributed by atoms with Crippen LogP contribution in [0.5, 0.6) is 0 Å². The Morgan fingerprint density at radius 2 is 1.96 bits per heavy atom. The van der Waals surface area contributed by atoms with E-state index in [2.05, 4.69) is 57.0 Å². The predicted molar refractivity (Wildman–Crippen MR) is 109 cm³/mol. The van der Waals surface area contributed by atoms with E-state index in [1.54, 1.807) is 0 Å². The molecule has 0 spiro atoms. The van der Waals surface area contributed by atoms with Crippen molar-refractivity contribution in [1.29, 1.82) is 0 Å². The number of anilines is 1. The number of ether oxygens (including phenoxy) is 1. The fourth-order valence-corrected chi connectivity index (χ4v) is 4.31. The van der Waals surface area contributed by atoms with Crippen LogP contribution in [0.2, 0.25) is 0 Å². The van der Waals surface area contributed by atoms with Crippen LogP contribution in [0.3, 0.4) is 0 Å². The second kappa shape index (κ2) is 6.86. The molecular weight excluding hydrogens is 322 g/mol. The largest absolute Gasteiger partial charge is 0.387 e. The molecular formula is C23H33NO2. The second-order valence-electron chi connectivity index (χ2n) is 9.10. The van der Waals surface area contributed by atoms with Crippen LogP contribution < -0.4 is 5.32 Å². The SMILES string of the molecule is C=Cc1ccccc1N[C@H]1CC(C)(C)/C=C/C[C@@](C)(O)C2CC[C@]1(C)O2. The third-order valence-electron chi connectivity index (χ3n) is 6.09. The van der Waals surface area contributed by atoms with Crippen molar-refractivity contribution in [2.45, 2.75) is 76.7 Å². The van der Waals surface area contributed by atoms with Gasteiger partial charge in [-0.05, 0) is 56.6 Å². The lowest BCUT2D eigenvalue weighted by atomic mass is 9.78. The van der Waals surface area contributed by atoms with Gasteiger partial charge in [-0.25, -0.2) is 0 Å². The Kier molecular flexibility index (Phi) is 5.06. The molecule has 2 bridgehead atoms. The van der Waals surface area contributed by atoms with Gasteiger partial charge in [-0.1, -0.05) is 56.9 Å². The molecule has 0 saturated carbocycles. The molecule has 2 aliphatic heterocycles. The number of fused-ring (bicyclic) bond motifs is 2. The van der Waals surface area contributed by atoms with E-state index < -0.39 is 5.60 Å². The molecule has 3 rings (SSSR count). The summed E-state index contributed by atoms with van der Waals surface area (Å²) >= 11 is 0. The fourth-order valence-electron chi connectivity index (χ4n) is 4.31. The molecule has 0 aliphatic carbocycles. The van der Waals surface area contributed by atoms with Crippen molar-refractivity contribution in [2.24, 2.45) is 5.41 Å². The summed E-state index contributed by atoms with van der Waals surface area (Å²) in [5.74, 6) is 0. The zero-order valence-electron chi connectivity index (χ0n) is 16.6. The minimum atomic E-state index is -0.828. The van der Waals surface area contributed by atoms with Crippen LogP contribution in [0, 0.1) is 5.41 Å². The summed E-state index contributed by atoms with van der Waals surface area (Å²) in [6, 6.07) is 8.40. The van der Waals surface area contributed by atoms with Crippen LogP contribution in [0.4, 0.5) is 5.69 Å². The van der Waals surface area contributed by atoms with Crippen molar-refractivity contribution in [2.75, 3.05) is 5.32 Å². The van der Waals surface area contributed by atoms with Gasteiger partial charge in [0.1, 0.15) is 0 Å². The predicted octanol–water partition coefficient (Wildman–Crippen LogP) is 5.18. The van der Waals surface area contributed by atoms with Gasteiger partial charge in [-0.15, -0.1) is 0 Å². The van der Waals surface area contributed by atoms with E-state index in [1.807, 2.05) is 25.1 Å². The van der Waals surface area contributed by atoms with Crippen LogP contribution in [-0.2, 0) is 4.74 Å². The first kappa shape index (κ1) is 19.2. The second-order valence-corrected chi connectivity index (χ2v) is 9.10. The topological polar surface area (TPSA) is 41.5 Å². The summed E-state index contributed by atoms with van der Waals surface area (Å²) in [5.41, 5.74) is 1.06. The summed E-state index contributed by atoms with van der Waals surface area (Å²) in [6.07, 6.45) is 9.56. The molecule has 26 heavy (non-hydrogen) atoms. The maximum Gasteiger partial charge on any atom is 0.0914 e. The van der Waals surface area contributed by atoms with Crippen LogP contribution in [-0.4, -0.2) is 28.5 Å². The molecule has 1 saturated heterocycles. The minimum Gasteiger partial charge on any atom is -0.387 e. The Morgan fingerprint density at radius 1 is 1.23 bits per heavy atom. The lowest BCUT2D eigenvalue weighted by Gasteiger charge is -2.41. The van der Waals surface area contributed by atoms with Gasteiger partial charge in [0.25, 0.3) is 0 Å². The summed E-state index contributed by atoms with van der Waals surface area (Å²) in [6.45, 7) is 12.5. The first-order valence-corrected chi connectivity index (χ1v) is 9.71. The molecule has 2 heterocycles. The van der Waals surface area contributed by atoms with Gasteiger partial charge >= 0.3 is 0 Å². The lowest BCUT2D eigenvalue weighted by molar-refractivity contribution is -0.130. The highest BCUT2D eigenvalue weighted by molar-refractivity contribution is 5.66. The van der Waals surface area contributed by atoms with Gasteiger partial charge in [0.05, 0.1) is 23.3 Å². The number of hydrogen-bond donors (Lipinski definition) is 2. The molecule has 1 aromatic rings. The summed E-state index contributed by atoms with van der Waals surface area (Å²) in [7, 11) is 0. The third kappa shape index (κ3) is 3.89. The van der Waals surface area contributed by atoms with Crippen molar-refractivity contribution in [3.63, 3.8) is 0 Å². The molecule has 142 valence electrons. The highest BCUT2D eigenvalue weighted by Crippen LogP contribution is 2.44. The highest BCUT2D eigenvalue weighted by Gasteiger charge is 2.49. The quantitative estimate of drug-likeness (QED) is 0.735. The zero-order valence-corrected chi connectivity index (χ0v) is 16.6. The maximum atomic E-state index is 10.9. The first-order chi connectivity index (χ1) is 12.2. The van der Waals surface area contributed by atoms with Crippen LogP contribution in [0.25, 0.3) is 6.08 Å². The van der Waals surface area contributed by atoms with Crippen molar-refractivity contribution in [3.05, 3.63) is 48.6 Å². The number of rotatable bonds is 3. The summed E-state index contributed by atoms with van der Waals surface area (Å²) in [5, 5.41) is 14.7. The van der Waals surface area contributed by atoms with Crippen molar-refractivity contribution < 1.29 is 9.84 Å². The van der Waals surface area contributed by atoms with E-state index in [0.717, 1.165) is 30.5 Å². The average molecular weight is 356 g/mol. The van der Waals surface area contributed by atoms with E-state index in [0.29, 0.717) is 6.42 Å². The maximum absolute atomic E-state index is 10.9. The Bertz CT molecular complexity index is 691. The molecule has 3 heteroatoms. The van der Waals surface area contributed by atoms with Crippen molar-refractivity contribution >= 4 is 11.8 Å². The number of allylic oxidation sites excluding steroid dienone is 1. The number of aliphatic hydroxyl groups is 1. The molecule has 0 aromatic heterocycles.